The molecule has 1 aromatic carbocycles. The quantitative estimate of drug-likeness (QED) is 0.498. The van der Waals surface area contributed by atoms with Crippen molar-refractivity contribution >= 4 is 22.6 Å². The minimum atomic E-state index is -4.47. The molecule has 0 saturated carbocycles. The number of amides is 1. The molecule has 4 heterocycles. The molecule has 2 aromatic heterocycles. The summed E-state index contributed by atoms with van der Waals surface area (Å²) in [6.45, 7) is 5.60. The number of benzene rings is 1. The standard InChI is InChI=1S/C27H29F3N4O3/c1-15(17-7-9-36-10-8-17)34(13-20-5-4-19(12-32-20)27(28,29)30)26(35)18-3-6-23-21(11-18)22-14-37-16(2)24(22)25(31)33-23/h3-6,11-12,15-17H,7-10,13-14H2,1-2H3,(H2,31,33)/t15-,16+/m1/s1. The molecule has 2 atom stereocenters. The second-order valence-electron chi connectivity index (χ2n) is 9.73. The maximum Gasteiger partial charge on any atom is 0.417 e. The number of rotatable bonds is 5. The van der Waals surface area contributed by atoms with Crippen LogP contribution in [0.3, 0.4) is 0 Å². The van der Waals surface area contributed by atoms with Gasteiger partial charge in [0, 0.05) is 42.0 Å². The van der Waals surface area contributed by atoms with Crippen LogP contribution in [0.5, 0.6) is 0 Å². The number of carbonyl (C=O) groups excluding carboxylic acids is 1. The van der Waals surface area contributed by atoms with Crippen LogP contribution in [0, 0.1) is 5.92 Å². The predicted octanol–water partition coefficient (Wildman–Crippen LogP) is 5.28. The van der Waals surface area contributed by atoms with Gasteiger partial charge in [-0.2, -0.15) is 13.2 Å². The van der Waals surface area contributed by atoms with Gasteiger partial charge >= 0.3 is 6.18 Å². The van der Waals surface area contributed by atoms with Crippen LogP contribution in [0.25, 0.3) is 10.9 Å². The summed E-state index contributed by atoms with van der Waals surface area (Å²) in [5.41, 5.74) is 8.65. The second-order valence-corrected chi connectivity index (χ2v) is 9.73. The first-order valence-electron chi connectivity index (χ1n) is 12.4. The van der Waals surface area contributed by atoms with Crippen molar-refractivity contribution in [3.8, 4) is 0 Å². The number of halogens is 3. The maximum atomic E-state index is 13.9. The third-order valence-corrected chi connectivity index (χ3v) is 7.48. The number of nitrogens with two attached hydrogens (primary N) is 1. The fraction of sp³-hybridized carbons (Fsp3) is 0.444. The zero-order chi connectivity index (χ0) is 26.3. The molecule has 1 fully saturated rings. The largest absolute Gasteiger partial charge is 0.417 e. The Hall–Kier alpha value is -3.24. The van der Waals surface area contributed by atoms with Gasteiger partial charge in [-0.25, -0.2) is 4.98 Å². The van der Waals surface area contributed by atoms with E-state index in [1.54, 1.807) is 17.0 Å². The van der Waals surface area contributed by atoms with Gasteiger partial charge < -0.3 is 20.1 Å². The van der Waals surface area contributed by atoms with Crippen LogP contribution in [-0.4, -0.2) is 40.0 Å². The van der Waals surface area contributed by atoms with Gasteiger partial charge in [0.15, 0.2) is 0 Å². The Bertz CT molecular complexity index is 1310. The van der Waals surface area contributed by atoms with E-state index in [1.807, 2.05) is 19.9 Å². The molecule has 10 heteroatoms. The lowest BCUT2D eigenvalue weighted by atomic mass is 9.91. The number of nitrogen functional groups attached to an aromatic ring is 1. The lowest BCUT2D eigenvalue weighted by Gasteiger charge is -2.36. The number of pyridine rings is 2. The van der Waals surface area contributed by atoms with E-state index in [-0.39, 0.29) is 30.5 Å². The molecule has 3 aromatic rings. The van der Waals surface area contributed by atoms with E-state index >= 15 is 0 Å². The molecule has 1 saturated heterocycles. The molecule has 0 spiro atoms. The van der Waals surface area contributed by atoms with Crippen molar-refractivity contribution in [2.75, 3.05) is 18.9 Å². The summed E-state index contributed by atoms with van der Waals surface area (Å²) in [4.78, 5) is 24.2. The highest BCUT2D eigenvalue weighted by atomic mass is 19.4. The summed E-state index contributed by atoms with van der Waals surface area (Å²) in [5, 5.41) is 0.811. The highest BCUT2D eigenvalue weighted by molar-refractivity contribution is 5.99. The summed E-state index contributed by atoms with van der Waals surface area (Å²) in [6, 6.07) is 7.46. The van der Waals surface area contributed by atoms with E-state index in [9.17, 15) is 18.0 Å². The van der Waals surface area contributed by atoms with Gasteiger partial charge in [-0.15, -0.1) is 0 Å². The zero-order valence-corrected chi connectivity index (χ0v) is 20.7. The Morgan fingerprint density at radius 1 is 1.22 bits per heavy atom. The van der Waals surface area contributed by atoms with Crippen molar-refractivity contribution in [3.05, 3.63) is 64.5 Å². The molecule has 0 aliphatic carbocycles. The van der Waals surface area contributed by atoms with Crippen LogP contribution in [-0.2, 0) is 28.8 Å². The third kappa shape index (κ3) is 5.00. The Morgan fingerprint density at radius 2 is 1.97 bits per heavy atom. The number of nitrogens with zero attached hydrogens (tertiary/aromatic N) is 3. The average Bonchev–Trinajstić information content (AvgIpc) is 3.29. The molecule has 196 valence electrons. The van der Waals surface area contributed by atoms with E-state index in [0.29, 0.717) is 42.4 Å². The fourth-order valence-corrected chi connectivity index (χ4v) is 5.28. The first-order valence-corrected chi connectivity index (χ1v) is 12.4. The molecule has 7 nitrogen and oxygen atoms in total. The first kappa shape index (κ1) is 25.4. The predicted molar refractivity (Wildman–Crippen MR) is 131 cm³/mol. The van der Waals surface area contributed by atoms with Crippen molar-refractivity contribution in [3.63, 3.8) is 0 Å². The Kier molecular flexibility index (Phi) is 6.80. The molecule has 0 bridgehead atoms. The van der Waals surface area contributed by atoms with E-state index in [0.717, 1.165) is 41.6 Å². The molecule has 0 unspecified atom stereocenters. The summed E-state index contributed by atoms with van der Waals surface area (Å²) >= 11 is 0. The molecule has 2 aliphatic heterocycles. The minimum Gasteiger partial charge on any atom is -0.383 e. The first-order chi connectivity index (χ1) is 17.6. The topological polar surface area (TPSA) is 90.6 Å². The lowest BCUT2D eigenvalue weighted by Crippen LogP contribution is -2.44. The van der Waals surface area contributed by atoms with Crippen LogP contribution in [0.4, 0.5) is 19.0 Å². The average molecular weight is 515 g/mol. The summed E-state index contributed by atoms with van der Waals surface area (Å²) in [6.07, 6.45) is -2.24. The van der Waals surface area contributed by atoms with Gasteiger partial charge in [0.2, 0.25) is 0 Å². The normalized spacial score (nSPS) is 19.1. The Balaban J connectivity index is 1.50. The number of fused-ring (bicyclic) bond motifs is 3. The Morgan fingerprint density at radius 3 is 2.65 bits per heavy atom. The van der Waals surface area contributed by atoms with Gasteiger partial charge in [-0.1, -0.05) is 0 Å². The smallest absolute Gasteiger partial charge is 0.383 e. The molecule has 1 amide bonds. The number of alkyl halides is 3. The van der Waals surface area contributed by atoms with Gasteiger partial charge in [0.1, 0.15) is 5.82 Å². The van der Waals surface area contributed by atoms with Crippen molar-refractivity contribution in [1.29, 1.82) is 0 Å². The molecule has 37 heavy (non-hydrogen) atoms. The number of hydrogen-bond acceptors (Lipinski definition) is 6. The van der Waals surface area contributed by atoms with E-state index in [4.69, 9.17) is 15.2 Å². The van der Waals surface area contributed by atoms with Gasteiger partial charge in [0.25, 0.3) is 5.91 Å². The summed E-state index contributed by atoms with van der Waals surface area (Å²) in [5.74, 6) is 0.405. The van der Waals surface area contributed by atoms with Crippen LogP contribution < -0.4 is 5.73 Å². The SMILES string of the molecule is C[C@@H]1OCc2c1c(N)nc1ccc(C(=O)N(Cc3ccc(C(F)(F)F)cn3)[C@H](C)C3CCOCC3)cc21. The molecule has 5 rings (SSSR count). The summed E-state index contributed by atoms with van der Waals surface area (Å²) in [7, 11) is 0. The van der Waals surface area contributed by atoms with Crippen LogP contribution in [0.1, 0.15) is 65.5 Å². The lowest BCUT2D eigenvalue weighted by molar-refractivity contribution is -0.137. The molecule has 0 radical (unpaired) electrons. The van der Waals surface area contributed by atoms with E-state index in [2.05, 4.69) is 9.97 Å². The van der Waals surface area contributed by atoms with Crippen LogP contribution >= 0.6 is 0 Å². The Labute approximate surface area is 212 Å². The number of ether oxygens (including phenoxy) is 2. The monoisotopic (exact) mass is 514 g/mol. The second kappa shape index (κ2) is 9.90. The minimum absolute atomic E-state index is 0.0891. The van der Waals surface area contributed by atoms with E-state index < -0.39 is 11.7 Å². The number of carbonyl (C=O) groups is 1. The highest BCUT2D eigenvalue weighted by Gasteiger charge is 2.33. The third-order valence-electron chi connectivity index (χ3n) is 7.48. The van der Waals surface area contributed by atoms with Crippen molar-refractivity contribution in [2.24, 2.45) is 5.92 Å². The van der Waals surface area contributed by atoms with Gasteiger partial charge in [0.05, 0.1) is 36.0 Å². The fourth-order valence-electron chi connectivity index (χ4n) is 5.28. The highest BCUT2D eigenvalue weighted by Crippen LogP contribution is 2.38. The van der Waals surface area contributed by atoms with Crippen LogP contribution in [0.15, 0.2) is 36.5 Å². The number of aromatic nitrogens is 2. The number of hydrogen-bond donors (Lipinski definition) is 1. The van der Waals surface area contributed by atoms with Crippen molar-refractivity contribution in [1.82, 2.24) is 14.9 Å². The molecule has 2 N–H and O–H groups in total. The van der Waals surface area contributed by atoms with Gasteiger partial charge in [-0.05, 0) is 68.5 Å². The maximum absolute atomic E-state index is 13.9. The van der Waals surface area contributed by atoms with Crippen molar-refractivity contribution in [2.45, 2.75) is 58.2 Å². The number of anilines is 1. The molecule has 2 aliphatic rings. The molecular formula is C27H29F3N4O3. The van der Waals surface area contributed by atoms with Crippen molar-refractivity contribution < 1.29 is 27.4 Å². The van der Waals surface area contributed by atoms with Crippen LogP contribution in [0.2, 0.25) is 0 Å². The summed E-state index contributed by atoms with van der Waals surface area (Å²) < 4.78 is 50.4. The molecular weight excluding hydrogens is 485 g/mol. The zero-order valence-electron chi connectivity index (χ0n) is 20.7. The van der Waals surface area contributed by atoms with E-state index in [1.165, 1.54) is 6.07 Å². The van der Waals surface area contributed by atoms with Gasteiger partial charge in [-0.3, -0.25) is 9.78 Å².